The van der Waals surface area contributed by atoms with Crippen molar-refractivity contribution in [3.8, 4) is 0 Å². The van der Waals surface area contributed by atoms with E-state index in [1.807, 2.05) is 0 Å². The first-order valence-electron chi connectivity index (χ1n) is 16.1. The lowest BCUT2D eigenvalue weighted by Crippen LogP contribution is -2.81. The second-order valence-electron chi connectivity index (χ2n) is 14.1. The number of fused-ring (bicyclic) bond motifs is 5. The number of hydrogen-bond donors (Lipinski definition) is 4. The Bertz CT molecular complexity index is 1660. The minimum atomic E-state index is -2.17. The molecule has 2 aromatic carbocycles. The minimum absolute atomic E-state index is 0.109. The van der Waals surface area contributed by atoms with Crippen molar-refractivity contribution < 1.29 is 53.4 Å². The molecule has 3 aliphatic carbocycles. The van der Waals surface area contributed by atoms with E-state index in [0.717, 1.165) is 0 Å². The van der Waals surface area contributed by atoms with Crippen LogP contribution in [0.15, 0.2) is 72.0 Å². The average Bonchev–Trinajstić information content (AvgIpc) is 3.03. The molecule has 1 amide bonds. The van der Waals surface area contributed by atoms with Crippen LogP contribution in [0.3, 0.4) is 0 Å². The number of allylic oxidation sites excluding steroid dienone is 1. The van der Waals surface area contributed by atoms with Crippen molar-refractivity contribution >= 4 is 29.5 Å². The van der Waals surface area contributed by atoms with E-state index in [0.29, 0.717) is 5.69 Å². The number of carbonyl (C=O) groups is 4. The molecule has 48 heavy (non-hydrogen) atoms. The number of nitrogens with one attached hydrogen (secondary N) is 1. The molecule has 256 valence electrons. The molecule has 12 heteroatoms. The highest BCUT2D eigenvalue weighted by Gasteiger charge is 2.77. The third-order valence-electron chi connectivity index (χ3n) is 11.2. The van der Waals surface area contributed by atoms with Crippen molar-refractivity contribution in [2.45, 2.75) is 83.1 Å². The van der Waals surface area contributed by atoms with Crippen molar-refractivity contribution in [1.29, 1.82) is 0 Å². The number of ketones is 1. The van der Waals surface area contributed by atoms with Crippen LogP contribution < -0.4 is 5.32 Å². The quantitative estimate of drug-likeness (QED) is 0.272. The molecule has 1 aliphatic heterocycles. The summed E-state index contributed by atoms with van der Waals surface area (Å²) in [5.41, 5.74) is -6.65. The molecule has 4 N–H and O–H groups in total. The first-order valence-corrected chi connectivity index (χ1v) is 16.1. The number of carbonyl (C=O) groups excluding carboxylic acids is 4. The predicted octanol–water partition coefficient (Wildman–Crippen LogP) is 3.54. The topological polar surface area (TPSA) is 178 Å². The average molecular weight is 664 g/mol. The van der Waals surface area contributed by atoms with E-state index in [4.69, 9.17) is 18.9 Å². The van der Waals surface area contributed by atoms with E-state index in [-0.39, 0.29) is 30.6 Å². The molecule has 2 aromatic rings. The lowest BCUT2D eigenvalue weighted by atomic mass is 9.45. The summed E-state index contributed by atoms with van der Waals surface area (Å²) >= 11 is 0. The molecule has 0 radical (unpaired) electrons. The Hall–Kier alpha value is -4.10. The van der Waals surface area contributed by atoms with Gasteiger partial charge in [-0.2, -0.15) is 0 Å². The van der Waals surface area contributed by atoms with Crippen LogP contribution in [-0.2, 0) is 28.5 Å². The fraction of sp³-hybridized carbons (Fsp3) is 0.500. The van der Waals surface area contributed by atoms with E-state index in [1.165, 1.54) is 26.0 Å². The van der Waals surface area contributed by atoms with E-state index in [1.54, 1.807) is 69.3 Å². The largest absolute Gasteiger partial charge is 0.455 e. The molecule has 4 aliphatic rings. The molecule has 6 rings (SSSR count). The number of rotatable bonds is 5. The van der Waals surface area contributed by atoms with Gasteiger partial charge in [0.25, 0.3) is 0 Å². The molecule has 2 unspecified atom stereocenters. The van der Waals surface area contributed by atoms with Crippen LogP contribution in [0.1, 0.15) is 57.8 Å². The summed E-state index contributed by atoms with van der Waals surface area (Å²) in [6, 6.07) is 16.5. The van der Waals surface area contributed by atoms with E-state index in [9.17, 15) is 29.7 Å². The van der Waals surface area contributed by atoms with E-state index in [2.05, 4.69) is 5.32 Å². The molecular formula is C36H41NO11. The van der Waals surface area contributed by atoms with Crippen molar-refractivity contribution in [3.05, 3.63) is 77.6 Å². The Labute approximate surface area is 278 Å². The van der Waals surface area contributed by atoms with Crippen molar-refractivity contribution in [1.82, 2.24) is 0 Å². The Balaban J connectivity index is 1.61. The van der Waals surface area contributed by atoms with Crippen molar-refractivity contribution in [2.75, 3.05) is 11.9 Å². The monoisotopic (exact) mass is 663 g/mol. The number of ether oxygens (including phenoxy) is 4. The standard InChI is InChI=1S/C36H41NO11/c1-19-23(39)17-36(44)30(47-31(42)21-12-8-6-9-13-21)28-34(5,24(40)16-25-35(28,18-45-25)48-20(2)38)29(41)27(26(19)33(36,3)4)46-32(43)37-22-14-10-7-11-15-22/h6-15,19,23-25,28,30,39-40,44H,16-18H2,1-5H3,(H,37,43)/t19?,23-,24-,25+,28?,30-,34+,35-,36+/m0/s1. The van der Waals surface area contributed by atoms with Gasteiger partial charge in [0.1, 0.15) is 17.8 Å². The Morgan fingerprint density at radius 2 is 1.60 bits per heavy atom. The molecule has 2 bridgehead atoms. The highest BCUT2D eigenvalue weighted by Crippen LogP contribution is 2.64. The number of para-hydroxylation sites is 1. The zero-order valence-corrected chi connectivity index (χ0v) is 27.5. The maximum atomic E-state index is 15.2. The van der Waals surface area contributed by atoms with Gasteiger partial charge in [0.15, 0.2) is 11.4 Å². The van der Waals surface area contributed by atoms with Gasteiger partial charge >= 0.3 is 18.0 Å². The van der Waals surface area contributed by atoms with Gasteiger partial charge in [0.05, 0.1) is 35.7 Å². The Morgan fingerprint density at radius 3 is 2.19 bits per heavy atom. The second kappa shape index (κ2) is 11.8. The van der Waals surface area contributed by atoms with Crippen LogP contribution in [0, 0.1) is 22.7 Å². The van der Waals surface area contributed by atoms with Gasteiger partial charge in [-0.25, -0.2) is 9.59 Å². The summed E-state index contributed by atoms with van der Waals surface area (Å²) in [5.74, 6) is -5.12. The maximum absolute atomic E-state index is 15.2. The molecule has 3 fully saturated rings. The third kappa shape index (κ3) is 4.96. The van der Waals surface area contributed by atoms with Crippen molar-refractivity contribution in [2.24, 2.45) is 22.7 Å². The zero-order valence-electron chi connectivity index (χ0n) is 27.5. The normalized spacial score (nSPS) is 36.6. The number of aliphatic hydroxyl groups excluding tert-OH is 2. The van der Waals surface area contributed by atoms with E-state index < -0.39 is 87.9 Å². The summed E-state index contributed by atoms with van der Waals surface area (Å²) in [6.07, 6.45) is -6.86. The minimum Gasteiger partial charge on any atom is -0.455 e. The first-order chi connectivity index (χ1) is 22.6. The molecule has 1 heterocycles. The molecule has 0 aromatic heterocycles. The van der Waals surface area contributed by atoms with Crippen LogP contribution >= 0.6 is 0 Å². The molecule has 12 nitrogen and oxygen atoms in total. The predicted molar refractivity (Wildman–Crippen MR) is 169 cm³/mol. The Morgan fingerprint density at radius 1 is 0.979 bits per heavy atom. The number of esters is 2. The highest BCUT2D eigenvalue weighted by atomic mass is 16.6. The number of aliphatic hydroxyl groups is 3. The highest BCUT2D eigenvalue weighted by molar-refractivity contribution is 6.03. The number of Topliss-reactive ketones (excluding diaryl/α,β-unsaturated/α-hetero) is 1. The summed E-state index contributed by atoms with van der Waals surface area (Å²) in [4.78, 5) is 55.2. The molecule has 9 atom stereocenters. The van der Waals surface area contributed by atoms with Gasteiger partial charge in [-0.15, -0.1) is 0 Å². The van der Waals surface area contributed by atoms with Gasteiger partial charge in [0.2, 0.25) is 5.78 Å². The number of benzene rings is 2. The number of amides is 1. The van der Waals surface area contributed by atoms with Crippen molar-refractivity contribution in [3.63, 3.8) is 0 Å². The van der Waals surface area contributed by atoms with E-state index >= 15 is 4.79 Å². The number of hydrogen-bond acceptors (Lipinski definition) is 11. The fourth-order valence-electron chi connectivity index (χ4n) is 8.51. The maximum Gasteiger partial charge on any atom is 0.417 e. The van der Waals surface area contributed by atoms with Crippen LogP contribution in [0.5, 0.6) is 0 Å². The fourth-order valence-corrected chi connectivity index (χ4v) is 8.51. The van der Waals surface area contributed by atoms with Gasteiger partial charge in [-0.1, -0.05) is 57.2 Å². The summed E-state index contributed by atoms with van der Waals surface area (Å²) in [7, 11) is 0. The zero-order chi connectivity index (χ0) is 34.8. The first kappa shape index (κ1) is 33.8. The summed E-state index contributed by atoms with van der Waals surface area (Å²) in [5, 5.41) is 39.1. The Kier molecular flexibility index (Phi) is 8.30. The van der Waals surface area contributed by atoms with Crippen LogP contribution in [0.4, 0.5) is 10.5 Å². The van der Waals surface area contributed by atoms with Crippen LogP contribution in [0.2, 0.25) is 0 Å². The third-order valence-corrected chi connectivity index (χ3v) is 11.2. The number of anilines is 1. The molecule has 2 saturated carbocycles. The van der Waals surface area contributed by atoms with Crippen LogP contribution in [0.25, 0.3) is 0 Å². The lowest BCUT2D eigenvalue weighted by molar-refractivity contribution is -0.345. The summed E-state index contributed by atoms with van der Waals surface area (Å²) in [6.45, 7) is 7.28. The molecule has 1 saturated heterocycles. The van der Waals surface area contributed by atoms with Crippen LogP contribution in [-0.4, -0.2) is 81.4 Å². The molecule has 0 spiro atoms. The summed E-state index contributed by atoms with van der Waals surface area (Å²) < 4.78 is 23.9. The SMILES string of the molecule is CC(=O)O[C@@]12CO[C@@H]1C[C@H](O)[C@@]1(C)C(=O)C(OC(=O)Nc3ccccc3)=C3C(C)[C@@H](O)C[C@@](O)([C@@H](OC(=O)c4ccccc4)C12)C3(C)C. The molecular weight excluding hydrogens is 622 g/mol. The second-order valence-corrected chi connectivity index (χ2v) is 14.1. The smallest absolute Gasteiger partial charge is 0.417 e. The van der Waals surface area contributed by atoms with Gasteiger partial charge in [-0.05, 0) is 36.8 Å². The van der Waals surface area contributed by atoms with Gasteiger partial charge < -0.3 is 34.3 Å². The van der Waals surface area contributed by atoms with Gasteiger partial charge in [-0.3, -0.25) is 14.9 Å². The lowest BCUT2D eigenvalue weighted by Gasteiger charge is -2.67. The van der Waals surface area contributed by atoms with Gasteiger partial charge in [0, 0.05) is 36.8 Å².